The Hall–Kier alpha value is -2.51. The third kappa shape index (κ3) is 4.26. The molecule has 0 aliphatic heterocycles. The van der Waals surface area contributed by atoms with E-state index in [1.54, 1.807) is 26.0 Å². The molecule has 3 rings (SSSR count). The van der Waals surface area contributed by atoms with Gasteiger partial charge in [-0.25, -0.2) is 9.48 Å². The minimum atomic E-state index is -4.45. The lowest BCUT2D eigenvalue weighted by atomic mass is 10.0. The lowest BCUT2D eigenvalue weighted by Gasteiger charge is -2.12. The normalized spacial score (nSPS) is 11.6. The van der Waals surface area contributed by atoms with Crippen molar-refractivity contribution in [1.82, 2.24) is 9.78 Å². The van der Waals surface area contributed by atoms with E-state index < -0.39 is 17.7 Å². The highest BCUT2D eigenvalue weighted by Gasteiger charge is 2.30. The number of aromatic nitrogens is 2. The number of carbonyl (C=O) groups excluding carboxylic acids is 1. The summed E-state index contributed by atoms with van der Waals surface area (Å²) in [6.45, 7) is 3.46. The summed E-state index contributed by atoms with van der Waals surface area (Å²) in [5.41, 5.74) is 1.00. The second-order valence-corrected chi connectivity index (χ2v) is 6.97. The fraction of sp³-hybridized carbons (Fsp3) is 0.200. The van der Waals surface area contributed by atoms with Gasteiger partial charge in [0.05, 0.1) is 28.6 Å². The monoisotopic (exact) mass is 442 g/mol. The maximum atomic E-state index is 12.9. The second kappa shape index (κ2) is 8.08. The zero-order chi connectivity index (χ0) is 21.3. The summed E-state index contributed by atoms with van der Waals surface area (Å²) in [4.78, 5) is 12.3. The molecular weight excluding hydrogens is 428 g/mol. The Labute approximate surface area is 174 Å². The number of benzene rings is 2. The second-order valence-electron chi connectivity index (χ2n) is 6.13. The summed E-state index contributed by atoms with van der Waals surface area (Å²) in [6.07, 6.45) is -4.45. The zero-order valence-electron chi connectivity index (χ0n) is 15.3. The van der Waals surface area contributed by atoms with Crippen molar-refractivity contribution in [2.75, 3.05) is 6.61 Å². The van der Waals surface area contributed by atoms with Crippen LogP contribution in [0.4, 0.5) is 13.2 Å². The van der Waals surface area contributed by atoms with Crippen LogP contribution in [0.2, 0.25) is 10.0 Å². The smallest absolute Gasteiger partial charge is 0.416 e. The molecule has 0 bridgehead atoms. The van der Waals surface area contributed by atoms with Gasteiger partial charge in [0.25, 0.3) is 0 Å². The molecular formula is C20H15Cl2F3N2O2. The third-order valence-electron chi connectivity index (χ3n) is 4.21. The maximum absolute atomic E-state index is 12.9. The first-order chi connectivity index (χ1) is 13.6. The average Bonchev–Trinajstić information content (AvgIpc) is 2.98. The number of hydrogen-bond donors (Lipinski definition) is 0. The first-order valence-corrected chi connectivity index (χ1v) is 9.29. The van der Waals surface area contributed by atoms with E-state index in [0.717, 1.165) is 12.1 Å². The van der Waals surface area contributed by atoms with Crippen LogP contribution in [0.3, 0.4) is 0 Å². The van der Waals surface area contributed by atoms with Gasteiger partial charge in [-0.15, -0.1) is 0 Å². The van der Waals surface area contributed by atoms with Gasteiger partial charge in [-0.1, -0.05) is 35.3 Å². The van der Waals surface area contributed by atoms with Crippen LogP contribution in [-0.4, -0.2) is 22.4 Å². The Bertz CT molecular complexity index is 1060. The predicted octanol–water partition coefficient (Wildman–Crippen LogP) is 6.35. The van der Waals surface area contributed by atoms with Gasteiger partial charge in [-0.2, -0.15) is 18.3 Å². The Morgan fingerprint density at radius 3 is 2.34 bits per heavy atom. The maximum Gasteiger partial charge on any atom is 0.416 e. The summed E-state index contributed by atoms with van der Waals surface area (Å²) >= 11 is 12.3. The van der Waals surface area contributed by atoms with Crippen molar-refractivity contribution in [1.29, 1.82) is 0 Å². The molecule has 0 radical (unpaired) electrons. The minimum absolute atomic E-state index is 0.0489. The van der Waals surface area contributed by atoms with Crippen LogP contribution in [0.5, 0.6) is 0 Å². The minimum Gasteiger partial charge on any atom is -0.461 e. The molecule has 0 amide bonds. The molecule has 0 N–H and O–H groups in total. The summed E-state index contributed by atoms with van der Waals surface area (Å²) in [6, 6.07) is 9.30. The number of esters is 1. The van der Waals surface area contributed by atoms with Crippen LogP contribution in [0, 0.1) is 6.92 Å². The van der Waals surface area contributed by atoms with E-state index in [4.69, 9.17) is 27.9 Å². The van der Waals surface area contributed by atoms with Crippen molar-refractivity contribution in [2.24, 2.45) is 0 Å². The predicted molar refractivity (Wildman–Crippen MR) is 105 cm³/mol. The third-order valence-corrected chi connectivity index (χ3v) is 4.75. The Morgan fingerprint density at radius 1 is 1.14 bits per heavy atom. The molecule has 9 heteroatoms. The van der Waals surface area contributed by atoms with Crippen molar-refractivity contribution < 1.29 is 22.7 Å². The molecule has 1 heterocycles. The van der Waals surface area contributed by atoms with Crippen LogP contribution in [0.25, 0.3) is 16.9 Å². The molecule has 0 spiro atoms. The van der Waals surface area contributed by atoms with Crippen LogP contribution >= 0.6 is 23.2 Å². The highest BCUT2D eigenvalue weighted by atomic mass is 35.5. The number of nitrogens with zero attached hydrogens (tertiary/aromatic N) is 2. The summed E-state index contributed by atoms with van der Waals surface area (Å²) < 4.78 is 45.2. The fourth-order valence-electron chi connectivity index (χ4n) is 2.87. The summed E-state index contributed by atoms with van der Waals surface area (Å²) in [7, 11) is 0. The molecule has 2 aromatic carbocycles. The first-order valence-electron chi connectivity index (χ1n) is 8.53. The van der Waals surface area contributed by atoms with E-state index in [9.17, 15) is 18.0 Å². The quantitative estimate of drug-likeness (QED) is 0.442. The van der Waals surface area contributed by atoms with Crippen LogP contribution < -0.4 is 0 Å². The molecule has 0 atom stereocenters. The molecule has 152 valence electrons. The molecule has 0 aliphatic carbocycles. The van der Waals surface area contributed by atoms with Crippen molar-refractivity contribution in [3.8, 4) is 16.9 Å². The van der Waals surface area contributed by atoms with E-state index in [0.29, 0.717) is 27.5 Å². The summed E-state index contributed by atoms with van der Waals surface area (Å²) in [5.74, 6) is -0.637. The lowest BCUT2D eigenvalue weighted by Crippen LogP contribution is -2.08. The van der Waals surface area contributed by atoms with E-state index in [1.165, 1.54) is 22.9 Å². The first kappa shape index (κ1) is 21.2. The van der Waals surface area contributed by atoms with E-state index in [2.05, 4.69) is 5.10 Å². The summed E-state index contributed by atoms with van der Waals surface area (Å²) in [5, 5.41) is 5.00. The fourth-order valence-corrected chi connectivity index (χ4v) is 3.36. The van der Waals surface area contributed by atoms with Crippen LogP contribution in [-0.2, 0) is 10.9 Å². The van der Waals surface area contributed by atoms with Gasteiger partial charge in [-0.3, -0.25) is 0 Å². The van der Waals surface area contributed by atoms with Gasteiger partial charge in [-0.05, 0) is 44.2 Å². The molecule has 0 fully saturated rings. The number of ether oxygens (including phenoxy) is 1. The number of carbonyl (C=O) groups is 1. The number of hydrogen-bond acceptors (Lipinski definition) is 3. The molecule has 0 aliphatic rings. The molecule has 4 nitrogen and oxygen atoms in total. The van der Waals surface area contributed by atoms with Crippen molar-refractivity contribution in [3.63, 3.8) is 0 Å². The Morgan fingerprint density at radius 2 is 1.79 bits per heavy atom. The number of alkyl halides is 3. The standard InChI is InChI=1S/C20H15Cl2F3N2O2/c1-3-29-19(28)17-11(2)18(12-4-6-13(7-5-12)20(23,24)25)27(26-17)16-9-8-14(21)10-15(16)22/h4-10H,3H2,1-2H3. The lowest BCUT2D eigenvalue weighted by molar-refractivity contribution is -0.137. The topological polar surface area (TPSA) is 44.1 Å². The SMILES string of the molecule is CCOC(=O)c1nn(-c2ccc(Cl)cc2Cl)c(-c2ccc(C(F)(F)F)cc2)c1C. The number of rotatable bonds is 4. The number of halogens is 5. The van der Waals surface area contributed by atoms with E-state index in [-0.39, 0.29) is 17.3 Å². The van der Waals surface area contributed by atoms with Crippen LogP contribution in [0.1, 0.15) is 28.5 Å². The average molecular weight is 443 g/mol. The molecule has 3 aromatic rings. The zero-order valence-corrected chi connectivity index (χ0v) is 16.9. The van der Waals surface area contributed by atoms with Crippen LogP contribution in [0.15, 0.2) is 42.5 Å². The van der Waals surface area contributed by atoms with Gasteiger partial charge >= 0.3 is 12.1 Å². The molecule has 0 unspecified atom stereocenters. The van der Waals surface area contributed by atoms with E-state index in [1.807, 2.05) is 0 Å². The van der Waals surface area contributed by atoms with Crippen molar-refractivity contribution in [2.45, 2.75) is 20.0 Å². The molecule has 1 aromatic heterocycles. The highest BCUT2D eigenvalue weighted by Crippen LogP contribution is 2.35. The highest BCUT2D eigenvalue weighted by molar-refractivity contribution is 6.35. The largest absolute Gasteiger partial charge is 0.461 e. The Balaban J connectivity index is 2.22. The van der Waals surface area contributed by atoms with Gasteiger partial charge < -0.3 is 4.74 Å². The molecule has 0 saturated heterocycles. The van der Waals surface area contributed by atoms with Gasteiger partial charge in [0.1, 0.15) is 0 Å². The molecule has 29 heavy (non-hydrogen) atoms. The van der Waals surface area contributed by atoms with Gasteiger partial charge in [0, 0.05) is 16.1 Å². The van der Waals surface area contributed by atoms with Crippen molar-refractivity contribution >= 4 is 29.2 Å². The Kier molecular flexibility index (Phi) is 5.91. The van der Waals surface area contributed by atoms with Crippen molar-refractivity contribution in [3.05, 3.63) is 69.3 Å². The van der Waals surface area contributed by atoms with E-state index >= 15 is 0 Å². The molecule has 0 saturated carbocycles. The van der Waals surface area contributed by atoms with Gasteiger partial charge in [0.15, 0.2) is 5.69 Å². The van der Waals surface area contributed by atoms with Gasteiger partial charge in [0.2, 0.25) is 0 Å².